The van der Waals surface area contributed by atoms with Crippen LogP contribution in [-0.4, -0.2) is 16.8 Å². The molecule has 1 unspecified atom stereocenters. The van der Waals surface area contributed by atoms with Crippen molar-refractivity contribution >= 4 is 22.6 Å². The van der Waals surface area contributed by atoms with Gasteiger partial charge in [-0.25, -0.2) is 4.98 Å². The summed E-state index contributed by atoms with van der Waals surface area (Å²) in [6.07, 6.45) is 3.37. The normalized spacial score (nSPS) is 13.6. The van der Waals surface area contributed by atoms with Crippen molar-refractivity contribution < 1.29 is 9.47 Å². The van der Waals surface area contributed by atoms with Crippen molar-refractivity contribution in [2.45, 2.75) is 38.8 Å². The van der Waals surface area contributed by atoms with Gasteiger partial charge in [0, 0.05) is 18.2 Å². The quantitative estimate of drug-likeness (QED) is 0.415. The Hall–Kier alpha value is -2.06. The Labute approximate surface area is 179 Å². The zero-order valence-corrected chi connectivity index (χ0v) is 18.0. The summed E-state index contributed by atoms with van der Waals surface area (Å²) in [5.74, 6) is 1.64. The van der Waals surface area contributed by atoms with Crippen LogP contribution in [0.1, 0.15) is 43.5 Å². The molecule has 0 amide bonds. The van der Waals surface area contributed by atoms with Crippen molar-refractivity contribution in [3.63, 3.8) is 0 Å². The molecule has 2 aromatic carbocycles. The molecule has 1 aromatic heterocycles. The first kappa shape index (κ1) is 19.3. The number of halogens is 1. The van der Waals surface area contributed by atoms with Crippen LogP contribution in [0, 0.1) is 3.83 Å². The summed E-state index contributed by atoms with van der Waals surface area (Å²) < 4.78 is 11.8. The third-order valence-electron chi connectivity index (χ3n) is 4.93. The van der Waals surface area contributed by atoms with Crippen LogP contribution >= 0.6 is 22.6 Å². The van der Waals surface area contributed by atoms with Crippen LogP contribution in [0.3, 0.4) is 0 Å². The van der Waals surface area contributed by atoms with Gasteiger partial charge in [0.25, 0.3) is 0 Å². The summed E-state index contributed by atoms with van der Waals surface area (Å²) in [5.41, 5.74) is 4.51. The molecule has 1 atom stereocenters. The molecule has 6 heteroatoms. The molecule has 0 fully saturated rings. The van der Waals surface area contributed by atoms with E-state index in [0.717, 1.165) is 58.1 Å². The first-order valence-corrected chi connectivity index (χ1v) is 10.7. The van der Waals surface area contributed by atoms with E-state index in [1.54, 1.807) is 0 Å². The minimum absolute atomic E-state index is 0.205. The van der Waals surface area contributed by atoms with Crippen molar-refractivity contribution in [3.8, 4) is 22.8 Å². The lowest BCUT2D eigenvalue weighted by Gasteiger charge is -2.19. The van der Waals surface area contributed by atoms with Gasteiger partial charge >= 0.3 is 0 Å². The monoisotopic (exact) mass is 489 g/mol. The molecule has 2 N–H and O–H groups in total. The summed E-state index contributed by atoms with van der Waals surface area (Å²) >= 11 is 2.26. The Kier molecular flexibility index (Phi) is 6.17. The van der Waals surface area contributed by atoms with E-state index in [0.29, 0.717) is 6.79 Å². The number of hydrogen-bond donors (Lipinski definition) is 2. The number of aromatic amines is 1. The molecule has 0 aliphatic carbocycles. The van der Waals surface area contributed by atoms with Crippen LogP contribution in [0.2, 0.25) is 0 Å². The van der Waals surface area contributed by atoms with Gasteiger partial charge in [0.15, 0.2) is 15.3 Å². The van der Waals surface area contributed by atoms with Gasteiger partial charge in [-0.2, -0.15) is 0 Å². The molecule has 0 radical (unpaired) electrons. The van der Waals surface area contributed by atoms with Crippen LogP contribution in [0.5, 0.6) is 11.5 Å². The maximum Gasteiger partial charge on any atom is 0.231 e. The van der Waals surface area contributed by atoms with Gasteiger partial charge in [-0.15, -0.1) is 0 Å². The molecule has 0 bridgehead atoms. The number of benzene rings is 2. The fourth-order valence-electron chi connectivity index (χ4n) is 3.47. The summed E-state index contributed by atoms with van der Waals surface area (Å²) in [5, 5.41) is 3.73. The predicted molar refractivity (Wildman–Crippen MR) is 118 cm³/mol. The van der Waals surface area contributed by atoms with Crippen molar-refractivity contribution in [3.05, 3.63) is 63.6 Å². The Morgan fingerprint density at radius 3 is 2.79 bits per heavy atom. The topological polar surface area (TPSA) is 59.2 Å². The standard InChI is InChI=1S/C22H24IN3O2/c1-2-3-9-17(24-13-15-10-11-18-19(12-15)28-14-27-18)21-20(25-22(23)26-21)16-7-5-4-6-8-16/h4-8,10-12,17,24H,2-3,9,13-14H2,1H3,(H,25,26). The maximum atomic E-state index is 5.51. The van der Waals surface area contributed by atoms with Gasteiger partial charge in [-0.3, -0.25) is 0 Å². The van der Waals surface area contributed by atoms with Gasteiger partial charge in [0.2, 0.25) is 6.79 Å². The number of imidazole rings is 1. The predicted octanol–water partition coefficient (Wildman–Crippen LogP) is 5.43. The van der Waals surface area contributed by atoms with Crippen LogP contribution < -0.4 is 14.8 Å². The first-order chi connectivity index (χ1) is 13.7. The second-order valence-corrected chi connectivity index (χ2v) is 7.94. The van der Waals surface area contributed by atoms with Crippen molar-refractivity contribution in [2.75, 3.05) is 6.79 Å². The van der Waals surface area contributed by atoms with E-state index in [1.165, 1.54) is 5.56 Å². The van der Waals surface area contributed by atoms with Crippen molar-refractivity contribution in [2.24, 2.45) is 0 Å². The van der Waals surface area contributed by atoms with E-state index >= 15 is 0 Å². The smallest absolute Gasteiger partial charge is 0.231 e. The van der Waals surface area contributed by atoms with E-state index in [9.17, 15) is 0 Å². The number of nitrogens with one attached hydrogen (secondary N) is 2. The number of aromatic nitrogens is 2. The third kappa shape index (κ3) is 4.33. The van der Waals surface area contributed by atoms with E-state index in [-0.39, 0.29) is 6.04 Å². The van der Waals surface area contributed by atoms with Crippen LogP contribution in [0.15, 0.2) is 48.5 Å². The molecule has 0 saturated heterocycles. The molecule has 1 aliphatic heterocycles. The lowest BCUT2D eigenvalue weighted by molar-refractivity contribution is 0.174. The first-order valence-electron chi connectivity index (χ1n) is 9.67. The lowest BCUT2D eigenvalue weighted by Crippen LogP contribution is -2.22. The number of nitrogens with zero attached hydrogens (tertiary/aromatic N) is 1. The molecule has 3 aromatic rings. The Morgan fingerprint density at radius 1 is 1.14 bits per heavy atom. The molecule has 5 nitrogen and oxygen atoms in total. The van der Waals surface area contributed by atoms with Crippen molar-refractivity contribution in [1.29, 1.82) is 0 Å². The van der Waals surface area contributed by atoms with Crippen LogP contribution in [-0.2, 0) is 6.54 Å². The summed E-state index contributed by atoms with van der Waals surface area (Å²) in [7, 11) is 0. The second-order valence-electron chi connectivity index (χ2n) is 6.92. The lowest BCUT2D eigenvalue weighted by atomic mass is 10.0. The maximum absolute atomic E-state index is 5.51. The highest BCUT2D eigenvalue weighted by molar-refractivity contribution is 14.1. The minimum Gasteiger partial charge on any atom is -0.454 e. The summed E-state index contributed by atoms with van der Waals surface area (Å²) in [6.45, 7) is 3.29. The van der Waals surface area contributed by atoms with Gasteiger partial charge in [-0.05, 0) is 46.7 Å². The zero-order valence-electron chi connectivity index (χ0n) is 15.9. The Bertz CT molecular complexity index is 927. The number of hydrogen-bond acceptors (Lipinski definition) is 4. The number of unbranched alkanes of at least 4 members (excludes halogenated alkanes) is 1. The number of fused-ring (bicyclic) bond motifs is 1. The van der Waals surface area contributed by atoms with E-state index in [2.05, 4.69) is 76.2 Å². The van der Waals surface area contributed by atoms with Gasteiger partial charge in [0.1, 0.15) is 0 Å². The fourth-order valence-corrected chi connectivity index (χ4v) is 4.01. The highest BCUT2D eigenvalue weighted by Gasteiger charge is 2.20. The molecule has 2 heterocycles. The molecule has 0 spiro atoms. The third-order valence-corrected chi connectivity index (χ3v) is 5.45. The van der Waals surface area contributed by atoms with E-state index < -0.39 is 0 Å². The van der Waals surface area contributed by atoms with E-state index in [4.69, 9.17) is 14.5 Å². The molecule has 1 aliphatic rings. The van der Waals surface area contributed by atoms with Gasteiger partial charge in [0.05, 0.1) is 11.4 Å². The van der Waals surface area contributed by atoms with Gasteiger partial charge < -0.3 is 19.8 Å². The largest absolute Gasteiger partial charge is 0.454 e. The molecular weight excluding hydrogens is 465 g/mol. The van der Waals surface area contributed by atoms with E-state index in [1.807, 2.05) is 12.1 Å². The van der Waals surface area contributed by atoms with Crippen molar-refractivity contribution in [1.82, 2.24) is 15.3 Å². The number of ether oxygens (including phenoxy) is 2. The summed E-state index contributed by atoms with van der Waals surface area (Å²) in [4.78, 5) is 8.27. The van der Waals surface area contributed by atoms with Gasteiger partial charge in [-0.1, -0.05) is 56.2 Å². The molecule has 146 valence electrons. The highest BCUT2D eigenvalue weighted by Crippen LogP contribution is 2.33. The average Bonchev–Trinajstić information content (AvgIpc) is 3.35. The minimum atomic E-state index is 0.205. The molecule has 28 heavy (non-hydrogen) atoms. The Balaban J connectivity index is 1.57. The molecular formula is C22H24IN3O2. The Morgan fingerprint density at radius 2 is 1.96 bits per heavy atom. The number of H-pyrrole nitrogens is 1. The fraction of sp³-hybridized carbons (Fsp3) is 0.318. The SMILES string of the molecule is CCCCC(NCc1ccc2c(c1)OCO2)c1[nH]c(I)nc1-c1ccccc1. The second kappa shape index (κ2) is 8.96. The molecule has 0 saturated carbocycles. The van der Waals surface area contributed by atoms with Crippen LogP contribution in [0.4, 0.5) is 0 Å². The highest BCUT2D eigenvalue weighted by atomic mass is 127. The molecule has 4 rings (SSSR count). The summed E-state index contributed by atoms with van der Waals surface area (Å²) in [6, 6.07) is 16.7. The number of rotatable bonds is 8. The zero-order chi connectivity index (χ0) is 19.3. The van der Waals surface area contributed by atoms with Crippen LogP contribution in [0.25, 0.3) is 11.3 Å². The average molecular weight is 489 g/mol.